The van der Waals surface area contributed by atoms with Crippen molar-refractivity contribution in [3.8, 4) is 5.75 Å². The highest BCUT2D eigenvalue weighted by Gasteiger charge is 2.11. The predicted molar refractivity (Wildman–Crippen MR) is 67.5 cm³/mol. The molecule has 4 nitrogen and oxygen atoms in total. The SMILES string of the molecule is CC(=O)Oc1c(I)cc(C(=O)[O-])cc1I. The number of hydrogen-bond donors (Lipinski definition) is 0. The second-order valence-electron chi connectivity index (χ2n) is 2.65. The molecule has 6 heteroatoms. The first-order valence-corrected chi connectivity index (χ1v) is 5.96. The van der Waals surface area contributed by atoms with E-state index >= 15 is 0 Å². The van der Waals surface area contributed by atoms with Gasteiger partial charge in [-0.1, -0.05) is 0 Å². The van der Waals surface area contributed by atoms with Gasteiger partial charge in [-0.3, -0.25) is 4.79 Å². The predicted octanol–water partition coefficient (Wildman–Crippen LogP) is 1.18. The van der Waals surface area contributed by atoms with Crippen LogP contribution in [-0.2, 0) is 4.79 Å². The molecule has 0 radical (unpaired) electrons. The quantitative estimate of drug-likeness (QED) is 0.401. The number of ether oxygens (including phenoxy) is 1. The van der Waals surface area contributed by atoms with Crippen LogP contribution in [-0.4, -0.2) is 11.9 Å². The lowest BCUT2D eigenvalue weighted by Gasteiger charge is -2.10. The Morgan fingerprint density at radius 3 is 2.07 bits per heavy atom. The minimum Gasteiger partial charge on any atom is -0.545 e. The van der Waals surface area contributed by atoms with Crippen LogP contribution < -0.4 is 9.84 Å². The van der Waals surface area contributed by atoms with Gasteiger partial charge in [-0.05, 0) is 62.9 Å². The van der Waals surface area contributed by atoms with Crippen LogP contribution in [0.1, 0.15) is 17.3 Å². The lowest BCUT2D eigenvalue weighted by molar-refractivity contribution is -0.255. The molecule has 80 valence electrons. The lowest BCUT2D eigenvalue weighted by atomic mass is 10.2. The zero-order valence-electron chi connectivity index (χ0n) is 7.54. The van der Waals surface area contributed by atoms with Gasteiger partial charge in [0.05, 0.1) is 13.1 Å². The number of hydrogen-bond acceptors (Lipinski definition) is 4. The summed E-state index contributed by atoms with van der Waals surface area (Å²) in [6.07, 6.45) is 0. The number of carbonyl (C=O) groups is 2. The summed E-state index contributed by atoms with van der Waals surface area (Å²) in [7, 11) is 0. The van der Waals surface area contributed by atoms with Gasteiger partial charge in [-0.15, -0.1) is 0 Å². The molecule has 0 aliphatic rings. The monoisotopic (exact) mass is 431 g/mol. The topological polar surface area (TPSA) is 66.4 Å². The zero-order chi connectivity index (χ0) is 11.6. The van der Waals surface area contributed by atoms with Crippen molar-refractivity contribution >= 4 is 57.1 Å². The number of carbonyl (C=O) groups excluding carboxylic acids is 2. The van der Waals surface area contributed by atoms with Crippen molar-refractivity contribution in [1.29, 1.82) is 0 Å². The number of carboxylic acids is 1. The molecule has 0 N–H and O–H groups in total. The van der Waals surface area contributed by atoms with Crippen LogP contribution in [0.2, 0.25) is 0 Å². The van der Waals surface area contributed by atoms with Crippen molar-refractivity contribution in [1.82, 2.24) is 0 Å². The molecule has 1 rings (SSSR count). The highest BCUT2D eigenvalue weighted by atomic mass is 127. The maximum Gasteiger partial charge on any atom is 0.308 e. The molecule has 0 aliphatic carbocycles. The van der Waals surface area contributed by atoms with E-state index in [-0.39, 0.29) is 5.56 Å². The van der Waals surface area contributed by atoms with Crippen LogP contribution >= 0.6 is 45.2 Å². The van der Waals surface area contributed by atoms with E-state index in [1.807, 2.05) is 45.2 Å². The summed E-state index contributed by atoms with van der Waals surface area (Å²) in [5.74, 6) is -1.30. The van der Waals surface area contributed by atoms with E-state index in [9.17, 15) is 14.7 Å². The lowest BCUT2D eigenvalue weighted by Crippen LogP contribution is -2.22. The van der Waals surface area contributed by atoms with Crippen LogP contribution in [0.3, 0.4) is 0 Å². The Morgan fingerprint density at radius 1 is 1.27 bits per heavy atom. The number of esters is 1. The third-order valence-electron chi connectivity index (χ3n) is 1.48. The van der Waals surface area contributed by atoms with E-state index in [2.05, 4.69) is 0 Å². The molecule has 0 fully saturated rings. The van der Waals surface area contributed by atoms with Crippen molar-refractivity contribution in [2.45, 2.75) is 6.92 Å². The summed E-state index contributed by atoms with van der Waals surface area (Å²) in [4.78, 5) is 21.4. The van der Waals surface area contributed by atoms with E-state index in [1.54, 1.807) is 0 Å². The summed E-state index contributed by atoms with van der Waals surface area (Å²) in [5, 5.41) is 10.6. The Kier molecular flexibility index (Phi) is 4.32. The van der Waals surface area contributed by atoms with Crippen LogP contribution in [0.5, 0.6) is 5.75 Å². The number of halogens is 2. The highest BCUT2D eigenvalue weighted by Crippen LogP contribution is 2.28. The summed E-state index contributed by atoms with van der Waals surface area (Å²) < 4.78 is 6.07. The Balaban J connectivity index is 3.21. The van der Waals surface area contributed by atoms with Crippen molar-refractivity contribution < 1.29 is 19.4 Å². The molecule has 0 aliphatic heterocycles. The molecule has 0 aromatic heterocycles. The van der Waals surface area contributed by atoms with Crippen LogP contribution in [0.4, 0.5) is 0 Å². The fourth-order valence-corrected chi connectivity index (χ4v) is 2.91. The van der Waals surface area contributed by atoms with E-state index < -0.39 is 11.9 Å². The molecular weight excluding hydrogens is 426 g/mol. The van der Waals surface area contributed by atoms with Crippen molar-refractivity contribution in [3.63, 3.8) is 0 Å². The molecule has 0 bridgehead atoms. The van der Waals surface area contributed by atoms with Gasteiger partial charge in [-0.25, -0.2) is 0 Å². The minimum absolute atomic E-state index is 0.0692. The molecule has 15 heavy (non-hydrogen) atoms. The first-order valence-electron chi connectivity index (χ1n) is 3.80. The van der Waals surface area contributed by atoms with Crippen LogP contribution in [0.15, 0.2) is 12.1 Å². The maximum absolute atomic E-state index is 10.8. The smallest absolute Gasteiger partial charge is 0.308 e. The number of rotatable bonds is 2. The maximum atomic E-state index is 10.8. The standard InChI is InChI=1S/C9H6I2O4/c1-4(12)15-8-6(10)2-5(9(13)14)3-7(8)11/h2-3H,1H3,(H,13,14)/p-1. The third-order valence-corrected chi connectivity index (χ3v) is 3.08. The van der Waals surface area contributed by atoms with Gasteiger partial charge in [0.1, 0.15) is 0 Å². The van der Waals surface area contributed by atoms with Crippen LogP contribution in [0.25, 0.3) is 0 Å². The van der Waals surface area contributed by atoms with Gasteiger partial charge in [0.15, 0.2) is 5.75 Å². The van der Waals surface area contributed by atoms with Gasteiger partial charge in [0.25, 0.3) is 0 Å². The average molecular weight is 431 g/mol. The first-order chi connectivity index (χ1) is 6.91. The van der Waals surface area contributed by atoms with Gasteiger partial charge >= 0.3 is 5.97 Å². The second kappa shape index (κ2) is 5.10. The van der Waals surface area contributed by atoms with Gasteiger partial charge < -0.3 is 14.6 Å². The normalized spacial score (nSPS) is 9.80. The fourth-order valence-electron chi connectivity index (χ4n) is 0.919. The Bertz CT molecular complexity index is 405. The fraction of sp³-hybridized carbons (Fsp3) is 0.111. The van der Waals surface area contributed by atoms with Crippen molar-refractivity contribution in [3.05, 3.63) is 24.8 Å². The Labute approximate surface area is 113 Å². The van der Waals surface area contributed by atoms with Gasteiger partial charge in [0, 0.05) is 6.92 Å². The highest BCUT2D eigenvalue weighted by molar-refractivity contribution is 14.1. The molecule has 0 saturated heterocycles. The van der Waals surface area contributed by atoms with Crippen molar-refractivity contribution in [2.75, 3.05) is 0 Å². The average Bonchev–Trinajstić information content (AvgIpc) is 2.10. The molecule has 0 heterocycles. The molecule has 0 amide bonds. The first kappa shape index (κ1) is 12.7. The summed E-state index contributed by atoms with van der Waals surface area (Å²) in [6.45, 7) is 1.29. The number of aromatic carboxylic acids is 1. The molecule has 0 saturated carbocycles. The number of benzene rings is 1. The Morgan fingerprint density at radius 2 is 1.73 bits per heavy atom. The van der Waals surface area contributed by atoms with E-state index in [0.29, 0.717) is 12.9 Å². The largest absolute Gasteiger partial charge is 0.545 e. The molecule has 1 aromatic carbocycles. The number of carboxylic acid groups (broad SMARTS) is 1. The molecule has 0 unspecified atom stereocenters. The van der Waals surface area contributed by atoms with E-state index in [1.165, 1.54) is 19.1 Å². The van der Waals surface area contributed by atoms with E-state index in [4.69, 9.17) is 4.74 Å². The molecule has 1 aromatic rings. The van der Waals surface area contributed by atoms with Crippen LogP contribution in [0, 0.1) is 7.14 Å². The summed E-state index contributed by atoms with van der Waals surface area (Å²) in [5.41, 5.74) is 0.0692. The Hall–Kier alpha value is -0.380. The molecule has 0 atom stereocenters. The molecular formula is C9H5I2O4-. The minimum atomic E-state index is -1.25. The summed E-state index contributed by atoms with van der Waals surface area (Å²) in [6, 6.07) is 2.80. The van der Waals surface area contributed by atoms with E-state index in [0.717, 1.165) is 0 Å². The summed E-state index contributed by atoms with van der Waals surface area (Å²) >= 11 is 3.81. The molecule has 0 spiro atoms. The van der Waals surface area contributed by atoms with Gasteiger partial charge in [0.2, 0.25) is 0 Å². The van der Waals surface area contributed by atoms with Gasteiger partial charge in [-0.2, -0.15) is 0 Å². The van der Waals surface area contributed by atoms with Crippen molar-refractivity contribution in [2.24, 2.45) is 0 Å². The second-order valence-corrected chi connectivity index (χ2v) is 4.97. The zero-order valence-corrected chi connectivity index (χ0v) is 11.9. The third kappa shape index (κ3) is 3.30.